The molecule has 0 radical (unpaired) electrons. The van der Waals surface area contributed by atoms with Crippen LogP contribution in [0.1, 0.15) is 49.0 Å². The Kier molecular flexibility index (Phi) is 5.43. The van der Waals surface area contributed by atoms with Gasteiger partial charge >= 0.3 is 0 Å². The Balaban J connectivity index is 1.52. The molecule has 0 aliphatic carbocycles. The van der Waals surface area contributed by atoms with Gasteiger partial charge in [-0.15, -0.1) is 0 Å². The lowest BCUT2D eigenvalue weighted by Gasteiger charge is -2.26. The highest BCUT2D eigenvalue weighted by molar-refractivity contribution is 6.05. The van der Waals surface area contributed by atoms with E-state index in [4.69, 9.17) is 9.47 Å². The summed E-state index contributed by atoms with van der Waals surface area (Å²) in [4.78, 5) is 26.7. The van der Waals surface area contributed by atoms with E-state index in [0.717, 1.165) is 42.8 Å². The lowest BCUT2D eigenvalue weighted by atomic mass is 10.1. The summed E-state index contributed by atoms with van der Waals surface area (Å²) in [5, 5.41) is 2.94. The first-order valence-electron chi connectivity index (χ1n) is 10.2. The maximum absolute atomic E-state index is 12.8. The summed E-state index contributed by atoms with van der Waals surface area (Å²) >= 11 is 0. The predicted molar refractivity (Wildman–Crippen MR) is 112 cm³/mol. The number of hydrogen-bond acceptors (Lipinski definition) is 4. The summed E-state index contributed by atoms with van der Waals surface area (Å²) in [6.07, 6.45) is 3.49. The van der Waals surface area contributed by atoms with Crippen molar-refractivity contribution in [1.29, 1.82) is 0 Å². The molecule has 1 unspecified atom stereocenters. The fourth-order valence-electron chi connectivity index (χ4n) is 3.88. The molecular formula is C23H26N2O4. The number of rotatable bonds is 5. The Morgan fingerprint density at radius 3 is 2.76 bits per heavy atom. The monoisotopic (exact) mass is 394 g/mol. The van der Waals surface area contributed by atoms with Gasteiger partial charge in [0.2, 0.25) is 5.91 Å². The molecule has 2 aliphatic heterocycles. The summed E-state index contributed by atoms with van der Waals surface area (Å²) < 4.78 is 11.5. The third-order valence-corrected chi connectivity index (χ3v) is 5.31. The van der Waals surface area contributed by atoms with Crippen LogP contribution in [0.4, 0.5) is 11.4 Å². The van der Waals surface area contributed by atoms with Crippen molar-refractivity contribution in [3.8, 4) is 11.5 Å². The molecule has 152 valence electrons. The van der Waals surface area contributed by atoms with Crippen LogP contribution in [0.3, 0.4) is 0 Å². The van der Waals surface area contributed by atoms with E-state index in [1.807, 2.05) is 38.1 Å². The van der Waals surface area contributed by atoms with E-state index in [1.165, 1.54) is 0 Å². The van der Waals surface area contributed by atoms with Crippen LogP contribution in [0, 0.1) is 0 Å². The second kappa shape index (κ2) is 8.15. The molecule has 2 heterocycles. The summed E-state index contributed by atoms with van der Waals surface area (Å²) in [5.41, 5.74) is 3.05. The van der Waals surface area contributed by atoms with Gasteiger partial charge in [-0.1, -0.05) is 0 Å². The average molecular weight is 394 g/mol. The molecule has 1 N–H and O–H groups in total. The third-order valence-electron chi connectivity index (χ3n) is 5.31. The van der Waals surface area contributed by atoms with Gasteiger partial charge in [-0.05, 0) is 57.0 Å². The van der Waals surface area contributed by atoms with Crippen LogP contribution < -0.4 is 19.7 Å². The Morgan fingerprint density at radius 1 is 1.24 bits per heavy atom. The van der Waals surface area contributed by atoms with E-state index in [9.17, 15) is 9.59 Å². The van der Waals surface area contributed by atoms with Crippen molar-refractivity contribution in [2.24, 2.45) is 0 Å². The van der Waals surface area contributed by atoms with Gasteiger partial charge in [-0.2, -0.15) is 0 Å². The predicted octanol–water partition coefficient (Wildman–Crippen LogP) is 4.18. The number of fused-ring (bicyclic) bond motifs is 1. The normalized spacial score (nSPS) is 18.2. The largest absolute Gasteiger partial charge is 0.492 e. The zero-order chi connectivity index (χ0) is 20.4. The number of anilines is 2. The van der Waals surface area contributed by atoms with E-state index in [1.54, 1.807) is 17.0 Å². The Morgan fingerprint density at radius 2 is 2.03 bits per heavy atom. The molecule has 1 atom stereocenters. The summed E-state index contributed by atoms with van der Waals surface area (Å²) in [5.74, 6) is 1.35. The van der Waals surface area contributed by atoms with Gasteiger partial charge < -0.3 is 19.7 Å². The van der Waals surface area contributed by atoms with E-state index in [2.05, 4.69) is 5.32 Å². The summed E-state index contributed by atoms with van der Waals surface area (Å²) in [6, 6.07) is 10.9. The van der Waals surface area contributed by atoms with Gasteiger partial charge in [0.1, 0.15) is 17.6 Å². The van der Waals surface area contributed by atoms with Crippen LogP contribution in [-0.4, -0.2) is 31.1 Å². The van der Waals surface area contributed by atoms with Crippen LogP contribution in [0.25, 0.3) is 0 Å². The Labute approximate surface area is 170 Å². The highest BCUT2D eigenvalue weighted by Crippen LogP contribution is 2.38. The van der Waals surface area contributed by atoms with Gasteiger partial charge in [-0.3, -0.25) is 9.59 Å². The van der Waals surface area contributed by atoms with Gasteiger partial charge in [0.25, 0.3) is 5.91 Å². The molecule has 2 aliphatic rings. The highest BCUT2D eigenvalue weighted by atomic mass is 16.5. The van der Waals surface area contributed by atoms with Gasteiger partial charge in [0, 0.05) is 42.3 Å². The van der Waals surface area contributed by atoms with Gasteiger partial charge in [0.15, 0.2) is 0 Å². The zero-order valence-corrected chi connectivity index (χ0v) is 16.9. The van der Waals surface area contributed by atoms with E-state index >= 15 is 0 Å². The van der Waals surface area contributed by atoms with E-state index < -0.39 is 0 Å². The molecule has 0 saturated carbocycles. The third kappa shape index (κ3) is 4.06. The highest BCUT2D eigenvalue weighted by Gasteiger charge is 2.23. The van der Waals surface area contributed by atoms with Crippen molar-refractivity contribution in [2.45, 2.75) is 45.6 Å². The number of carbonyl (C=O) groups is 2. The molecule has 6 heteroatoms. The first-order valence-corrected chi connectivity index (χ1v) is 10.2. The van der Waals surface area contributed by atoms with Crippen molar-refractivity contribution in [3.05, 3.63) is 47.5 Å². The van der Waals surface area contributed by atoms with Gasteiger partial charge in [0.05, 0.1) is 12.3 Å². The molecule has 0 aromatic heterocycles. The number of amides is 2. The van der Waals surface area contributed by atoms with Crippen molar-refractivity contribution in [2.75, 3.05) is 23.4 Å². The number of nitrogens with zero attached hydrogens (tertiary/aromatic N) is 1. The Hall–Kier alpha value is -3.02. The average Bonchev–Trinajstić information content (AvgIpc) is 3.08. The molecular weight excluding hydrogens is 368 g/mol. The fraction of sp³-hybridized carbons (Fsp3) is 0.391. The smallest absolute Gasteiger partial charge is 0.255 e. The number of hydrogen-bond donors (Lipinski definition) is 1. The molecule has 29 heavy (non-hydrogen) atoms. The molecule has 0 spiro atoms. The van der Waals surface area contributed by atoms with Crippen LogP contribution in [0.15, 0.2) is 36.4 Å². The quantitative estimate of drug-likeness (QED) is 0.826. The van der Waals surface area contributed by atoms with E-state index in [0.29, 0.717) is 30.0 Å². The Bertz CT molecular complexity index is 923. The van der Waals surface area contributed by atoms with Crippen molar-refractivity contribution in [1.82, 2.24) is 0 Å². The fourth-order valence-corrected chi connectivity index (χ4v) is 3.88. The lowest BCUT2D eigenvalue weighted by molar-refractivity contribution is -0.119. The first kappa shape index (κ1) is 19.3. The molecule has 4 rings (SSSR count). The minimum atomic E-state index is -0.228. The molecule has 1 saturated heterocycles. The minimum Gasteiger partial charge on any atom is -0.492 e. The van der Waals surface area contributed by atoms with Crippen molar-refractivity contribution >= 4 is 23.2 Å². The van der Waals surface area contributed by atoms with Crippen LogP contribution in [0.5, 0.6) is 11.5 Å². The zero-order valence-electron chi connectivity index (χ0n) is 16.9. The summed E-state index contributed by atoms with van der Waals surface area (Å²) in [7, 11) is 0. The topological polar surface area (TPSA) is 67.9 Å². The number of nitrogens with one attached hydrogen (secondary N) is 1. The maximum atomic E-state index is 12.8. The molecule has 1 fully saturated rings. The van der Waals surface area contributed by atoms with Crippen molar-refractivity contribution in [3.63, 3.8) is 0 Å². The molecule has 2 amide bonds. The van der Waals surface area contributed by atoms with E-state index in [-0.39, 0.29) is 17.9 Å². The standard InChI is InChI=1S/C23H26N2O4/c1-3-28-21-13-17-12-15(2)29-20(17)14-19(21)24-23(27)16-7-9-18(10-8-16)25-11-5-4-6-22(25)26/h7-10,13-15H,3-6,11-12H2,1-2H3,(H,24,27). The molecule has 6 nitrogen and oxygen atoms in total. The number of ether oxygens (including phenoxy) is 2. The van der Waals surface area contributed by atoms with Crippen LogP contribution in [0.2, 0.25) is 0 Å². The maximum Gasteiger partial charge on any atom is 0.255 e. The number of benzene rings is 2. The van der Waals surface area contributed by atoms with Gasteiger partial charge in [-0.25, -0.2) is 0 Å². The van der Waals surface area contributed by atoms with Crippen LogP contribution >= 0.6 is 0 Å². The van der Waals surface area contributed by atoms with Crippen LogP contribution in [-0.2, 0) is 11.2 Å². The molecule has 2 aromatic rings. The minimum absolute atomic E-state index is 0.121. The summed E-state index contributed by atoms with van der Waals surface area (Å²) in [6.45, 7) is 5.18. The lowest BCUT2D eigenvalue weighted by Crippen LogP contribution is -2.35. The molecule has 0 bridgehead atoms. The molecule has 2 aromatic carbocycles. The van der Waals surface area contributed by atoms with Crippen molar-refractivity contribution < 1.29 is 19.1 Å². The number of carbonyl (C=O) groups excluding carboxylic acids is 2. The second-order valence-corrected chi connectivity index (χ2v) is 7.53. The second-order valence-electron chi connectivity index (χ2n) is 7.53. The number of piperidine rings is 1. The first-order chi connectivity index (χ1) is 14.0. The SMILES string of the molecule is CCOc1cc2c(cc1NC(=O)c1ccc(N3CCCCC3=O)cc1)OC(C)C2.